The number of carboxylic acid groups (broad SMARTS) is 4. The minimum absolute atomic E-state index is 0. The number of aliphatic hydroxyl groups excluding tert-OH is 11. The third-order valence-corrected chi connectivity index (χ3v) is 21.1. The van der Waals surface area contributed by atoms with E-state index in [9.17, 15) is 207 Å². The van der Waals surface area contributed by atoms with E-state index < -0.39 is 360 Å². The standard InChI is InChI=1S/C12H21NO18S3.C12H21NO15S2.C9H17NO8S.C7H10O5.C6H13NO10S2.C6H8O8S.13Na.4H2O/c14-5-1-4(2-28-33(21,22)23)29-12(7(5)13-32(18,19)20)30-9-8(15)6(31-34(24,25)26)3-27-10(9)11(16)17;14-5-1-4(2-26-30(22,23)24)27-12(7(5)13-29(19,20)21)28-9-8(16)6(15)3-25-10(9)11(17)18;1-5(11)10-8-7(12)3-6(18-9(8)16-2)4-17-19(13,14)15;1-3-5(9)4(8)2-12-6(3)7(10)11;8-4-1-3(2-16-19(13,14)15)17-6(9)5(4)7-18(10,11)12;7-3-1-4(6(8)9)13-2-5(3)14-15(10,11)12;;;;;;;;;;;;;;;;;/h4-10,12-15H,1-3H2,(H,16,17)(H,18,19,20)(H,21,22,23)(H,24,25,26);4-10,12-16H,1-3H2,(H,17,18)(H,19,20,21)(H,22,23,24);6-9,12H,3-4H2,1-2H3,(H,10,11)(H,13,14,15);4-6,8-9H,1-2H2,(H,10,11);3-9H,1-2H2,(H,10,11,12)(H,13,14,15);1,3,5,7H,2H2,(H,8,9)(H,10,11,12);;;;;;;;;;;;;;4*1H2/q;;;;;;13*+1;;;;/p-13. The molecule has 146 heavy (non-hydrogen) atoms. The average Bonchev–Trinajstić information content (AvgIpc) is 0.726. The minimum atomic E-state index is -5.44. The molecule has 29 atom stereocenters. The average molecular weight is 2440 g/mol. The van der Waals surface area contributed by atoms with Gasteiger partial charge in [0.25, 0.3) is 0 Å². The van der Waals surface area contributed by atoms with Gasteiger partial charge < -0.3 is 216 Å². The predicted octanol–water partition coefficient (Wildman–Crippen LogP) is -66.8. The fourth-order valence-electron chi connectivity index (χ4n) is 11.3. The van der Waals surface area contributed by atoms with Crippen LogP contribution in [-0.4, -0.2) is 462 Å². The fourth-order valence-corrected chi connectivity index (χ4v) is 15.3. The summed E-state index contributed by atoms with van der Waals surface area (Å²) in [6.07, 6.45) is -41.7. The zero-order chi connectivity index (χ0) is 99.3. The SMILES string of the molecule is C=C1C(C(=O)[O-])OCC(O)C1O.COC1OC(COS(=O)(=O)[O-])CC(O)C1NC(C)=O.O.O.O.O.O=C([O-])C1=CC(O)C(OS(=O)(=O)[O-])CO1.O=C([O-])C1OCC(O)C(O)C1OC1OC(COS(=O)(=O)[O-])CC(O)C1NS(=O)(=O)[O-].O=C([O-])C1OCC(OS(=O)(=O)[O-])C(O)C1OC1OC(COS(=O)(=O)[O-])CC(O)C1NS(=O)(=O)[O-].O=S(=O)([O-])NC1C(O)CC(COS(=O)(=O)[O-])OC1O.[Na+].[Na+].[Na+].[Na+].[Na+].[Na+].[Na+].[Na+].[Na+].[Na+].[Na+].[Na+].[Na+]. The quantitative estimate of drug-likeness (QED) is 0.0129. The van der Waals surface area contributed by atoms with Gasteiger partial charge in [0.1, 0.15) is 104 Å². The smallest absolute Gasteiger partial charge is 0.735 e. The molecule has 8 heterocycles. The van der Waals surface area contributed by atoms with E-state index >= 15 is 0 Å². The molecule has 0 saturated carbocycles. The van der Waals surface area contributed by atoms with E-state index in [-0.39, 0.29) is 437 Å². The zero-order valence-electron chi connectivity index (χ0n) is 79.2. The van der Waals surface area contributed by atoms with Crippen LogP contribution in [0.3, 0.4) is 0 Å². The molecule has 0 bridgehead atoms. The van der Waals surface area contributed by atoms with E-state index in [4.69, 9.17) is 52.8 Å². The van der Waals surface area contributed by atoms with Gasteiger partial charge in [0.2, 0.25) is 68.3 Å². The van der Waals surface area contributed by atoms with E-state index in [0.29, 0.717) is 6.08 Å². The summed E-state index contributed by atoms with van der Waals surface area (Å²) in [5.41, 5.74) is -0.0752. The van der Waals surface area contributed by atoms with Crippen molar-refractivity contribution in [3.63, 3.8) is 0 Å². The molecule has 1 amide bonds. The van der Waals surface area contributed by atoms with Crippen LogP contribution in [0, 0.1) is 0 Å². The van der Waals surface area contributed by atoms with E-state index in [2.05, 4.69) is 46.5 Å². The second-order valence-electron chi connectivity index (χ2n) is 26.5. The summed E-state index contributed by atoms with van der Waals surface area (Å²) in [5.74, 6) is -8.02. The monoisotopic (exact) mass is 2440 g/mol. The number of methoxy groups -OCH3 is 1. The first-order valence-corrected chi connectivity index (χ1v) is 46.6. The number of carbonyl (C=O) groups excluding carboxylic acids is 5. The maximum absolute atomic E-state index is 11.4. The molecule has 7 saturated heterocycles. The van der Waals surface area contributed by atoms with Crippen molar-refractivity contribution in [1.29, 1.82) is 0 Å². The molecule has 8 aliphatic rings. The number of carboxylic acids is 4. The molecule has 72 nitrogen and oxygen atoms in total. The van der Waals surface area contributed by atoms with E-state index in [1.807, 2.05) is 0 Å². The largest absolute Gasteiger partial charge is 1.00 e. The van der Waals surface area contributed by atoms with Crippen LogP contribution in [0.2, 0.25) is 0 Å². The summed E-state index contributed by atoms with van der Waals surface area (Å²) in [4.78, 5) is 54.2. The van der Waals surface area contributed by atoms with Gasteiger partial charge in [0.05, 0.1) is 131 Å². The minimum Gasteiger partial charge on any atom is -0.735 e. The molecule has 23 N–H and O–H groups in total. The molecule has 7 fully saturated rings. The zero-order valence-corrected chi connectivity index (χ0v) is 113. The summed E-state index contributed by atoms with van der Waals surface area (Å²) in [6.45, 7) is -1.03. The van der Waals surface area contributed by atoms with Crippen LogP contribution in [-0.2, 0) is 194 Å². The molecule has 0 aromatic heterocycles. The van der Waals surface area contributed by atoms with Crippen molar-refractivity contribution >= 4 is 123 Å². The second-order valence-corrected chi connectivity index (χ2v) is 36.1. The molecular weight excluding hydrogens is 2360 g/mol. The normalized spacial score (nSPS) is 30.4. The van der Waals surface area contributed by atoms with Crippen LogP contribution in [0.1, 0.15) is 32.6 Å². The molecule has 8 aliphatic heterocycles. The molecule has 29 unspecified atom stereocenters. The molecule has 94 heteroatoms. The molecule has 0 aliphatic carbocycles. The number of ether oxygens (including phenoxy) is 11. The number of aliphatic carboxylic acids is 4. The molecule has 0 spiro atoms. The molecule has 0 aromatic rings. The Balaban J connectivity index is -0.000000109. The van der Waals surface area contributed by atoms with Gasteiger partial charge in [-0.25, -0.2) is 89.9 Å². The van der Waals surface area contributed by atoms with Crippen LogP contribution < -0.4 is 424 Å². The van der Waals surface area contributed by atoms with E-state index in [1.54, 1.807) is 0 Å². The summed E-state index contributed by atoms with van der Waals surface area (Å²) in [6, 6.07) is -6.21. The van der Waals surface area contributed by atoms with Gasteiger partial charge in [0.15, 0.2) is 56.1 Å². The Morgan fingerprint density at radius 3 is 1.00 bits per heavy atom. The number of rotatable bonds is 32. The topological polar surface area (TPSA) is 1250 Å². The van der Waals surface area contributed by atoms with Gasteiger partial charge in [-0.1, -0.05) is 6.58 Å². The maximum Gasteiger partial charge on any atom is 1.00 e. The molecular formula is C52H85N4Na13O68S9. The number of aliphatic hydroxyl groups is 11. The van der Waals surface area contributed by atoms with Crippen LogP contribution >= 0.6 is 0 Å². The van der Waals surface area contributed by atoms with Crippen molar-refractivity contribution in [3.8, 4) is 0 Å². The van der Waals surface area contributed by atoms with Crippen molar-refractivity contribution in [3.05, 3.63) is 24.0 Å². The van der Waals surface area contributed by atoms with Crippen LogP contribution in [0.4, 0.5) is 0 Å². The summed E-state index contributed by atoms with van der Waals surface area (Å²) < 4.78 is 369. The Bertz CT molecular complexity index is 4900. The first-order valence-electron chi connectivity index (χ1n) is 34.4. The first-order chi connectivity index (χ1) is 58.6. The van der Waals surface area contributed by atoms with Gasteiger partial charge in [-0.3, -0.25) is 29.9 Å². The Kier molecular flexibility index (Phi) is 108. The number of hydrogen-bond donors (Lipinski definition) is 15. The van der Waals surface area contributed by atoms with E-state index in [1.165, 1.54) is 28.2 Å². The van der Waals surface area contributed by atoms with Gasteiger partial charge in [-0.15, -0.1) is 0 Å². The number of nitrogens with one attached hydrogen (secondary N) is 4. The number of carbonyl (C=O) groups is 5. The third-order valence-electron chi connectivity index (χ3n) is 16.7. The Labute approximate surface area is 1120 Å². The number of hydrogen-bond acceptors (Lipinski definition) is 64. The maximum atomic E-state index is 11.4. The van der Waals surface area contributed by atoms with Crippen LogP contribution in [0.5, 0.6) is 0 Å². The summed E-state index contributed by atoms with van der Waals surface area (Å²) in [7, 11) is -44.7. The first kappa shape index (κ1) is 186. The van der Waals surface area contributed by atoms with Gasteiger partial charge >= 0.3 is 384 Å². The van der Waals surface area contributed by atoms with Crippen molar-refractivity contribution in [2.75, 3.05) is 60.0 Å². The molecule has 0 radical (unpaired) electrons. The Morgan fingerprint density at radius 2 is 0.699 bits per heavy atom. The van der Waals surface area contributed by atoms with Crippen LogP contribution in [0.15, 0.2) is 24.0 Å². The third kappa shape index (κ3) is 74.5. The van der Waals surface area contributed by atoms with E-state index in [0.717, 1.165) is 0 Å². The van der Waals surface area contributed by atoms with Gasteiger partial charge in [0, 0.05) is 39.7 Å². The predicted molar refractivity (Wildman–Crippen MR) is 378 cm³/mol. The van der Waals surface area contributed by atoms with Crippen molar-refractivity contribution in [2.45, 2.75) is 210 Å². The molecule has 8 rings (SSSR count). The van der Waals surface area contributed by atoms with Gasteiger partial charge in [-0.05, 0) is 11.6 Å². The second kappa shape index (κ2) is 84.5. The number of amides is 1. The van der Waals surface area contributed by atoms with Crippen molar-refractivity contribution < 1.29 is 701 Å². The summed E-state index contributed by atoms with van der Waals surface area (Å²) >= 11 is 0. The van der Waals surface area contributed by atoms with Crippen molar-refractivity contribution in [2.24, 2.45) is 0 Å². The van der Waals surface area contributed by atoms with Crippen molar-refractivity contribution in [1.82, 2.24) is 19.5 Å². The van der Waals surface area contributed by atoms with Gasteiger partial charge in [-0.2, -0.15) is 0 Å². The summed E-state index contributed by atoms with van der Waals surface area (Å²) in [5, 5.41) is 152. The Hall–Kier alpha value is 7.46. The Morgan fingerprint density at radius 1 is 0.390 bits per heavy atom. The molecule has 788 valence electrons. The molecule has 0 aromatic carbocycles. The fraction of sp³-hybridized carbons (Fsp3) is 0.827. The van der Waals surface area contributed by atoms with Crippen LogP contribution in [0.25, 0.3) is 0 Å².